The minimum absolute atomic E-state index is 0.0724. The van der Waals surface area contributed by atoms with Gasteiger partial charge in [-0.1, -0.05) is 62.4 Å². The van der Waals surface area contributed by atoms with Crippen LogP contribution < -0.4 is 10.6 Å². The van der Waals surface area contributed by atoms with Crippen molar-refractivity contribution in [3.63, 3.8) is 0 Å². The minimum Gasteiger partial charge on any atom is -0.462 e. The van der Waals surface area contributed by atoms with E-state index in [2.05, 4.69) is 10.6 Å². The second-order valence-electron chi connectivity index (χ2n) is 14.8. The molecule has 2 amide bonds. The number of cyclic esters (lactones) is 1. The van der Waals surface area contributed by atoms with Gasteiger partial charge >= 0.3 is 17.9 Å². The van der Waals surface area contributed by atoms with Crippen molar-refractivity contribution in [3.8, 4) is 0 Å². The molecule has 3 N–H and O–H groups in total. The lowest BCUT2D eigenvalue weighted by molar-refractivity contribution is -0.172. The molecular weight excluding hydrogens is 708 g/mol. The average molecular weight is 751 g/mol. The molecule has 7 rings (SSSR count). The van der Waals surface area contributed by atoms with Gasteiger partial charge in [-0.25, -0.2) is 14.4 Å². The number of fused-ring (bicyclic) bond motifs is 2. The van der Waals surface area contributed by atoms with Gasteiger partial charge in [-0.3, -0.25) is 9.59 Å². The van der Waals surface area contributed by atoms with E-state index in [-0.39, 0.29) is 50.1 Å². The van der Waals surface area contributed by atoms with E-state index in [4.69, 9.17) is 28.8 Å². The van der Waals surface area contributed by atoms with Gasteiger partial charge in [0.05, 0.1) is 12.2 Å². The van der Waals surface area contributed by atoms with Gasteiger partial charge in [-0.05, 0) is 58.7 Å². The summed E-state index contributed by atoms with van der Waals surface area (Å²) in [5, 5.41) is 14.6. The summed E-state index contributed by atoms with van der Waals surface area (Å²) in [4.78, 5) is 64.0. The van der Waals surface area contributed by atoms with Gasteiger partial charge in [0.1, 0.15) is 24.9 Å². The molecular formula is C42H42N2O11. The number of aliphatic hydroxyl groups excluding tert-OH is 1. The number of rotatable bonds is 11. The fourth-order valence-corrected chi connectivity index (χ4v) is 7.24. The largest absolute Gasteiger partial charge is 0.462 e. The topological polar surface area (TPSA) is 176 Å². The Labute approximate surface area is 317 Å². The quantitative estimate of drug-likeness (QED) is 0.149. The van der Waals surface area contributed by atoms with Gasteiger partial charge < -0.3 is 39.4 Å². The number of esters is 3. The summed E-state index contributed by atoms with van der Waals surface area (Å²) in [6, 6.07) is 21.2. The number of carbonyl (C=O) groups excluding carboxylic acids is 5. The van der Waals surface area contributed by atoms with E-state index in [0.717, 1.165) is 11.1 Å². The van der Waals surface area contributed by atoms with E-state index in [1.165, 1.54) is 12.2 Å². The Kier molecular flexibility index (Phi) is 10.7. The summed E-state index contributed by atoms with van der Waals surface area (Å²) in [7, 11) is 0. The number of ether oxygens (including phenoxy) is 5. The molecule has 4 atom stereocenters. The van der Waals surface area contributed by atoms with E-state index in [1.54, 1.807) is 68.5 Å². The van der Waals surface area contributed by atoms with Crippen molar-refractivity contribution in [2.24, 2.45) is 5.41 Å². The third kappa shape index (κ3) is 8.39. The van der Waals surface area contributed by atoms with E-state index >= 15 is 0 Å². The van der Waals surface area contributed by atoms with Crippen molar-refractivity contribution >= 4 is 35.8 Å². The molecule has 4 unspecified atom stereocenters. The van der Waals surface area contributed by atoms with Crippen molar-refractivity contribution < 1.29 is 52.8 Å². The third-order valence-corrected chi connectivity index (χ3v) is 10.1. The highest BCUT2D eigenvalue weighted by Gasteiger charge is 2.55. The summed E-state index contributed by atoms with van der Waals surface area (Å²) in [5.41, 5.74) is 3.90. The second-order valence-corrected chi connectivity index (χ2v) is 14.8. The maximum Gasteiger partial charge on any atom is 0.348 e. The van der Waals surface area contributed by atoms with E-state index in [0.29, 0.717) is 35.1 Å². The summed E-state index contributed by atoms with van der Waals surface area (Å²) in [6.07, 6.45) is 2.37. The smallest absolute Gasteiger partial charge is 0.348 e. The van der Waals surface area contributed by atoms with E-state index in [1.807, 2.05) is 24.3 Å². The molecule has 0 bridgehead atoms. The Morgan fingerprint density at radius 3 is 2.33 bits per heavy atom. The molecule has 1 spiro atoms. The Morgan fingerprint density at radius 2 is 1.64 bits per heavy atom. The van der Waals surface area contributed by atoms with Crippen LogP contribution in [0.4, 0.5) is 0 Å². The standard InChI is InChI=1S/C42H42N2O11/c1-41(2)24-51-40(50)36(41)53-34(46)15-12-25-10-13-27(14-11-25)39(49)52-32-19-31(38(48)44-23-26-6-5-9-28(18-26)37(47)43-16-17-45)20-33-35(32)55-42(54-33)21-29-7-3-4-8-30(29)22-42/h3-15,18,20,32-33,35-36,45H,16-17,19,21-24H2,1-2H3,(H,43,47)(H,44,48). The minimum atomic E-state index is -0.995. The van der Waals surface area contributed by atoms with Gasteiger partial charge in [0.25, 0.3) is 5.91 Å². The second kappa shape index (κ2) is 15.6. The molecule has 286 valence electrons. The predicted molar refractivity (Wildman–Crippen MR) is 196 cm³/mol. The number of hydrogen-bond acceptors (Lipinski definition) is 11. The van der Waals surface area contributed by atoms with Crippen LogP contribution in [0.1, 0.15) is 63.2 Å². The summed E-state index contributed by atoms with van der Waals surface area (Å²) < 4.78 is 29.6. The molecule has 13 nitrogen and oxygen atoms in total. The molecule has 2 saturated heterocycles. The number of aliphatic hydroxyl groups is 1. The van der Waals surface area contributed by atoms with Crippen LogP contribution in [0, 0.1) is 5.41 Å². The van der Waals surface area contributed by atoms with Crippen LogP contribution in [0.5, 0.6) is 0 Å². The Morgan fingerprint density at radius 1 is 0.891 bits per heavy atom. The van der Waals surface area contributed by atoms with Crippen LogP contribution in [0.3, 0.4) is 0 Å². The zero-order chi connectivity index (χ0) is 38.7. The Bertz CT molecular complexity index is 2030. The fraction of sp³-hybridized carbons (Fsp3) is 0.357. The van der Waals surface area contributed by atoms with Gasteiger partial charge in [0, 0.05) is 55.0 Å². The lowest BCUT2D eigenvalue weighted by Crippen LogP contribution is -2.43. The first-order valence-electron chi connectivity index (χ1n) is 18.2. The molecule has 2 aliphatic carbocycles. The molecule has 0 saturated carbocycles. The maximum absolute atomic E-state index is 13.6. The van der Waals surface area contributed by atoms with Gasteiger partial charge in [-0.2, -0.15) is 0 Å². The highest BCUT2D eigenvalue weighted by Crippen LogP contribution is 2.45. The Balaban J connectivity index is 1.03. The van der Waals surface area contributed by atoms with Crippen LogP contribution in [-0.4, -0.2) is 84.8 Å². The Hall–Kier alpha value is -5.63. The molecule has 2 heterocycles. The van der Waals surface area contributed by atoms with E-state index in [9.17, 15) is 24.0 Å². The fourth-order valence-electron chi connectivity index (χ4n) is 7.24. The lowest BCUT2D eigenvalue weighted by atomic mass is 9.90. The first-order valence-corrected chi connectivity index (χ1v) is 18.2. The number of amides is 2. The van der Waals surface area contributed by atoms with Crippen LogP contribution >= 0.6 is 0 Å². The molecule has 4 aliphatic rings. The molecule has 55 heavy (non-hydrogen) atoms. The van der Waals surface area contributed by atoms with E-state index < -0.39 is 53.5 Å². The van der Waals surface area contributed by atoms with Crippen molar-refractivity contribution in [1.29, 1.82) is 0 Å². The highest BCUT2D eigenvalue weighted by molar-refractivity contribution is 5.95. The van der Waals surface area contributed by atoms with Crippen molar-refractivity contribution in [1.82, 2.24) is 10.6 Å². The average Bonchev–Trinajstić information content (AvgIpc) is 3.82. The summed E-state index contributed by atoms with van der Waals surface area (Å²) in [6.45, 7) is 3.81. The van der Waals surface area contributed by atoms with Crippen LogP contribution in [-0.2, 0) is 57.5 Å². The zero-order valence-electron chi connectivity index (χ0n) is 30.4. The first kappa shape index (κ1) is 37.7. The van der Waals surface area contributed by atoms with Crippen molar-refractivity contribution in [3.05, 3.63) is 124 Å². The molecule has 2 aliphatic heterocycles. The van der Waals surface area contributed by atoms with Crippen LogP contribution in [0.2, 0.25) is 0 Å². The SMILES string of the molecule is CC1(C)COC(=O)C1OC(=O)C=Cc1ccc(C(=O)OC2CC(C(=O)NCc3cccc(C(=O)NCCO)c3)=CC3OC4(Cc5ccccc5C4)OC32)cc1. The summed E-state index contributed by atoms with van der Waals surface area (Å²) >= 11 is 0. The van der Waals surface area contributed by atoms with Gasteiger partial charge in [0.2, 0.25) is 12.0 Å². The monoisotopic (exact) mass is 750 g/mol. The maximum atomic E-state index is 13.6. The third-order valence-electron chi connectivity index (χ3n) is 10.1. The number of nitrogens with one attached hydrogen (secondary N) is 2. The van der Waals surface area contributed by atoms with Gasteiger partial charge in [-0.15, -0.1) is 0 Å². The summed E-state index contributed by atoms with van der Waals surface area (Å²) in [5.74, 6) is -3.58. The molecule has 13 heteroatoms. The number of hydrogen-bond donors (Lipinski definition) is 3. The highest BCUT2D eigenvalue weighted by atomic mass is 16.8. The molecule has 3 aromatic rings. The molecule has 3 aromatic carbocycles. The molecule has 0 radical (unpaired) electrons. The lowest BCUT2D eigenvalue weighted by Gasteiger charge is -2.30. The first-order chi connectivity index (χ1) is 26.4. The normalized spacial score (nSPS) is 23.0. The van der Waals surface area contributed by atoms with Crippen LogP contribution in [0.15, 0.2) is 90.5 Å². The van der Waals surface area contributed by atoms with Crippen molar-refractivity contribution in [2.45, 2.75) is 69.9 Å². The predicted octanol–water partition coefficient (Wildman–Crippen LogP) is 3.37. The molecule has 2 fully saturated rings. The van der Waals surface area contributed by atoms with Crippen molar-refractivity contribution in [2.75, 3.05) is 19.8 Å². The molecule has 0 aromatic heterocycles. The number of carbonyl (C=O) groups is 5. The zero-order valence-corrected chi connectivity index (χ0v) is 30.4. The van der Waals surface area contributed by atoms with Crippen LogP contribution in [0.25, 0.3) is 6.08 Å². The number of benzene rings is 3. The van der Waals surface area contributed by atoms with Gasteiger partial charge in [0.15, 0.2) is 5.79 Å².